The normalized spacial score (nSPS) is 10.7. The highest BCUT2D eigenvalue weighted by Gasteiger charge is 2.12. The van der Waals surface area contributed by atoms with E-state index in [1.165, 1.54) is 11.8 Å². The van der Waals surface area contributed by atoms with Crippen molar-refractivity contribution in [2.24, 2.45) is 0 Å². The van der Waals surface area contributed by atoms with E-state index in [1.807, 2.05) is 36.4 Å². The van der Waals surface area contributed by atoms with E-state index in [4.69, 9.17) is 0 Å². The minimum atomic E-state index is -0.327. The van der Waals surface area contributed by atoms with Crippen molar-refractivity contribution in [3.63, 3.8) is 0 Å². The molecule has 6 nitrogen and oxygen atoms in total. The fourth-order valence-corrected chi connectivity index (χ4v) is 3.23. The monoisotopic (exact) mass is 383 g/mol. The van der Waals surface area contributed by atoms with Crippen LogP contribution < -0.4 is 10.6 Å². The summed E-state index contributed by atoms with van der Waals surface area (Å²) in [5.74, 6) is 0.268. The number of carbonyl (C=O) groups is 1. The number of carbonyl (C=O) groups excluding carboxylic acids is 1. The highest BCUT2D eigenvalue weighted by molar-refractivity contribution is 6.07. The molecule has 0 atom stereocenters. The molecule has 0 saturated carbocycles. The quantitative estimate of drug-likeness (QED) is 0.513. The van der Waals surface area contributed by atoms with E-state index in [0.717, 1.165) is 28.6 Å². The second kappa shape index (κ2) is 8.06. The number of benzene rings is 2. The van der Waals surface area contributed by atoms with Crippen molar-refractivity contribution in [1.29, 1.82) is 0 Å². The van der Waals surface area contributed by atoms with Gasteiger partial charge >= 0.3 is 0 Å². The van der Waals surface area contributed by atoms with Gasteiger partial charge in [0.1, 0.15) is 11.5 Å². The third-order valence-corrected chi connectivity index (χ3v) is 4.76. The minimum absolute atomic E-state index is 0.240. The van der Waals surface area contributed by atoms with Crippen LogP contribution in [0, 0.1) is 6.92 Å². The zero-order chi connectivity index (χ0) is 20.2. The summed E-state index contributed by atoms with van der Waals surface area (Å²) in [5.41, 5.74) is 4.99. The van der Waals surface area contributed by atoms with E-state index in [-0.39, 0.29) is 11.6 Å². The van der Waals surface area contributed by atoms with Crippen LogP contribution in [0.15, 0.2) is 67.1 Å². The van der Waals surface area contributed by atoms with Gasteiger partial charge < -0.3 is 10.6 Å². The molecular weight excluding hydrogens is 362 g/mol. The maximum atomic E-state index is 12.6. The molecule has 0 unspecified atom stereocenters. The van der Waals surface area contributed by atoms with Crippen molar-refractivity contribution < 1.29 is 4.79 Å². The van der Waals surface area contributed by atoms with Crippen LogP contribution in [0.3, 0.4) is 0 Å². The van der Waals surface area contributed by atoms with Gasteiger partial charge in [0.15, 0.2) is 0 Å². The third kappa shape index (κ3) is 3.91. The fraction of sp³-hybridized carbons (Fsp3) is 0.130. The van der Waals surface area contributed by atoms with Gasteiger partial charge in [0.05, 0.1) is 23.6 Å². The van der Waals surface area contributed by atoms with E-state index in [9.17, 15) is 4.79 Å². The number of fused-ring (bicyclic) bond motifs is 1. The molecule has 4 rings (SSSR count). The van der Waals surface area contributed by atoms with Gasteiger partial charge in [-0.3, -0.25) is 9.78 Å². The van der Waals surface area contributed by atoms with E-state index >= 15 is 0 Å². The van der Waals surface area contributed by atoms with Crippen LogP contribution in [-0.2, 0) is 6.42 Å². The number of para-hydroxylation sites is 2. The van der Waals surface area contributed by atoms with E-state index < -0.39 is 0 Å². The molecule has 0 aliphatic heterocycles. The fourth-order valence-electron chi connectivity index (χ4n) is 3.23. The second-order valence-corrected chi connectivity index (χ2v) is 6.71. The molecule has 0 bridgehead atoms. The summed E-state index contributed by atoms with van der Waals surface area (Å²) < 4.78 is 0. The lowest BCUT2D eigenvalue weighted by atomic mass is 10.1. The SMILES string of the molecule is CCc1cccc(C)c1Nc1cnc(C(=O)Nc2cccc3cccnc23)cn1. The van der Waals surface area contributed by atoms with E-state index in [2.05, 4.69) is 51.6 Å². The molecule has 0 aliphatic rings. The molecule has 2 N–H and O–H groups in total. The molecule has 1 amide bonds. The third-order valence-electron chi connectivity index (χ3n) is 4.76. The van der Waals surface area contributed by atoms with Gasteiger partial charge in [-0.2, -0.15) is 0 Å². The largest absolute Gasteiger partial charge is 0.339 e. The smallest absolute Gasteiger partial charge is 0.275 e. The summed E-state index contributed by atoms with van der Waals surface area (Å²) in [6, 6.07) is 15.7. The molecule has 0 radical (unpaired) electrons. The highest BCUT2D eigenvalue weighted by Crippen LogP contribution is 2.24. The lowest BCUT2D eigenvalue weighted by Crippen LogP contribution is -2.14. The van der Waals surface area contributed by atoms with E-state index in [0.29, 0.717) is 11.5 Å². The number of rotatable bonds is 5. The van der Waals surface area contributed by atoms with Gasteiger partial charge in [0, 0.05) is 17.3 Å². The van der Waals surface area contributed by atoms with Crippen molar-refractivity contribution in [3.05, 3.63) is 83.9 Å². The summed E-state index contributed by atoms with van der Waals surface area (Å²) in [6.45, 7) is 4.16. The Bertz CT molecular complexity index is 1170. The van der Waals surface area contributed by atoms with E-state index in [1.54, 1.807) is 12.4 Å². The maximum Gasteiger partial charge on any atom is 0.275 e. The van der Waals surface area contributed by atoms with Crippen LogP contribution in [0.1, 0.15) is 28.5 Å². The van der Waals surface area contributed by atoms with Crippen LogP contribution >= 0.6 is 0 Å². The molecule has 0 spiro atoms. The number of hydrogen-bond acceptors (Lipinski definition) is 5. The maximum absolute atomic E-state index is 12.6. The molecular formula is C23H21N5O. The number of nitrogens with zero attached hydrogens (tertiary/aromatic N) is 3. The second-order valence-electron chi connectivity index (χ2n) is 6.71. The van der Waals surface area contributed by atoms with Gasteiger partial charge in [0.25, 0.3) is 5.91 Å². The Morgan fingerprint density at radius 3 is 2.59 bits per heavy atom. The van der Waals surface area contributed by atoms with Crippen molar-refractivity contribution in [1.82, 2.24) is 15.0 Å². The molecule has 2 heterocycles. The predicted molar refractivity (Wildman–Crippen MR) is 116 cm³/mol. The molecule has 6 heteroatoms. The Kier molecular flexibility index (Phi) is 5.16. The molecule has 4 aromatic rings. The van der Waals surface area contributed by atoms with Crippen LogP contribution in [0.5, 0.6) is 0 Å². The summed E-state index contributed by atoms with van der Waals surface area (Å²) >= 11 is 0. The van der Waals surface area contributed by atoms with Crippen LogP contribution in [0.4, 0.5) is 17.2 Å². The Balaban J connectivity index is 1.53. The van der Waals surface area contributed by atoms with Crippen LogP contribution in [-0.4, -0.2) is 20.9 Å². The zero-order valence-corrected chi connectivity index (χ0v) is 16.3. The Hall–Kier alpha value is -3.80. The van der Waals surface area contributed by atoms with Crippen molar-refractivity contribution in [3.8, 4) is 0 Å². The van der Waals surface area contributed by atoms with Crippen molar-refractivity contribution >= 4 is 34.0 Å². The topological polar surface area (TPSA) is 79.8 Å². The molecule has 0 saturated heterocycles. The summed E-state index contributed by atoms with van der Waals surface area (Å²) in [6.07, 6.45) is 5.66. The van der Waals surface area contributed by atoms with Gasteiger partial charge in [-0.1, -0.05) is 43.3 Å². The average molecular weight is 383 g/mol. The lowest BCUT2D eigenvalue weighted by molar-refractivity contribution is 0.102. The van der Waals surface area contributed by atoms with Gasteiger partial charge in [-0.15, -0.1) is 0 Å². The van der Waals surface area contributed by atoms with Crippen LogP contribution in [0.25, 0.3) is 10.9 Å². The van der Waals surface area contributed by atoms with Gasteiger partial charge in [-0.05, 0) is 36.6 Å². The lowest BCUT2D eigenvalue weighted by Gasteiger charge is -2.13. The number of nitrogens with one attached hydrogen (secondary N) is 2. The first-order valence-corrected chi connectivity index (χ1v) is 9.48. The Labute approximate surface area is 169 Å². The van der Waals surface area contributed by atoms with Crippen LogP contribution in [0.2, 0.25) is 0 Å². The first-order chi connectivity index (χ1) is 14.2. The highest BCUT2D eigenvalue weighted by atomic mass is 16.1. The molecule has 0 aliphatic carbocycles. The zero-order valence-electron chi connectivity index (χ0n) is 16.3. The number of amides is 1. The number of aromatic nitrogens is 3. The molecule has 144 valence electrons. The number of anilines is 3. The standard InChI is InChI=1S/C23H21N5O/c1-3-16-8-4-7-15(2)21(16)28-20-14-25-19(13-26-20)23(29)27-18-11-5-9-17-10-6-12-24-22(17)18/h4-14H,3H2,1-2H3,(H,26,28)(H,27,29). The van der Waals surface area contributed by atoms with Gasteiger partial charge in [-0.25, -0.2) is 9.97 Å². The Morgan fingerprint density at radius 2 is 1.79 bits per heavy atom. The first kappa shape index (κ1) is 18.6. The van der Waals surface area contributed by atoms with Crippen molar-refractivity contribution in [2.45, 2.75) is 20.3 Å². The minimum Gasteiger partial charge on any atom is -0.339 e. The first-order valence-electron chi connectivity index (χ1n) is 9.48. The Morgan fingerprint density at radius 1 is 0.966 bits per heavy atom. The number of hydrogen-bond donors (Lipinski definition) is 2. The molecule has 2 aromatic carbocycles. The molecule has 2 aromatic heterocycles. The number of pyridine rings is 1. The van der Waals surface area contributed by atoms with Crippen molar-refractivity contribution in [2.75, 3.05) is 10.6 Å². The predicted octanol–water partition coefficient (Wildman–Crippen LogP) is 4.89. The molecule has 29 heavy (non-hydrogen) atoms. The molecule has 0 fully saturated rings. The van der Waals surface area contributed by atoms with Gasteiger partial charge in [0.2, 0.25) is 0 Å². The average Bonchev–Trinajstić information content (AvgIpc) is 2.76. The summed E-state index contributed by atoms with van der Waals surface area (Å²) in [5, 5.41) is 7.15. The summed E-state index contributed by atoms with van der Waals surface area (Å²) in [7, 11) is 0. The summed E-state index contributed by atoms with van der Waals surface area (Å²) in [4.78, 5) is 25.6. The number of aryl methyl sites for hydroxylation is 2.